The van der Waals surface area contributed by atoms with Gasteiger partial charge in [0, 0.05) is 14.2 Å². The second-order valence-corrected chi connectivity index (χ2v) is 5.83. The third-order valence-corrected chi connectivity index (χ3v) is 4.45. The van der Waals surface area contributed by atoms with Gasteiger partial charge in [0.05, 0.1) is 18.8 Å². The highest BCUT2D eigenvalue weighted by Gasteiger charge is 2.43. The average molecular weight is 331 g/mol. The first-order chi connectivity index (χ1) is 11.5. The molecule has 0 bridgehead atoms. The number of fused-ring (bicyclic) bond motifs is 1. The maximum absolute atomic E-state index is 13.8. The molecule has 0 spiro atoms. The summed E-state index contributed by atoms with van der Waals surface area (Å²) >= 11 is 0. The SMILES string of the molecule is COCC1=C(COC)[C@](N)(c2ccc(F)cc2)c2ccc(F)cc21. The molecule has 0 heterocycles. The first-order valence-electron chi connectivity index (χ1n) is 7.58. The number of nitrogens with two attached hydrogens (primary N) is 1. The summed E-state index contributed by atoms with van der Waals surface area (Å²) in [6.45, 7) is 0.554. The quantitative estimate of drug-likeness (QED) is 0.915. The summed E-state index contributed by atoms with van der Waals surface area (Å²) in [6, 6.07) is 10.5. The molecule has 126 valence electrons. The Bertz CT molecular complexity index is 786. The van der Waals surface area contributed by atoms with Gasteiger partial charge in [0.15, 0.2) is 0 Å². The van der Waals surface area contributed by atoms with Crippen LogP contribution in [0.1, 0.15) is 16.7 Å². The molecule has 0 radical (unpaired) electrons. The van der Waals surface area contributed by atoms with Crippen LogP contribution in [0.2, 0.25) is 0 Å². The number of hydrogen-bond acceptors (Lipinski definition) is 3. The van der Waals surface area contributed by atoms with Gasteiger partial charge in [0.25, 0.3) is 0 Å². The van der Waals surface area contributed by atoms with Crippen molar-refractivity contribution < 1.29 is 18.3 Å². The van der Waals surface area contributed by atoms with Gasteiger partial charge in [-0.15, -0.1) is 0 Å². The van der Waals surface area contributed by atoms with Crippen LogP contribution in [0.15, 0.2) is 48.0 Å². The van der Waals surface area contributed by atoms with Crippen molar-refractivity contribution in [1.29, 1.82) is 0 Å². The minimum atomic E-state index is -1.01. The summed E-state index contributed by atoms with van der Waals surface area (Å²) in [6.07, 6.45) is 0. The van der Waals surface area contributed by atoms with Crippen LogP contribution in [0.5, 0.6) is 0 Å². The molecular weight excluding hydrogens is 312 g/mol. The molecule has 2 aromatic carbocycles. The summed E-state index contributed by atoms with van der Waals surface area (Å²) in [4.78, 5) is 0. The van der Waals surface area contributed by atoms with Gasteiger partial charge < -0.3 is 15.2 Å². The molecule has 24 heavy (non-hydrogen) atoms. The van der Waals surface area contributed by atoms with Gasteiger partial charge in [-0.05, 0) is 52.1 Å². The highest BCUT2D eigenvalue weighted by Crippen LogP contribution is 2.47. The second kappa shape index (κ2) is 6.43. The zero-order valence-electron chi connectivity index (χ0n) is 13.6. The van der Waals surface area contributed by atoms with E-state index in [1.54, 1.807) is 32.4 Å². The normalized spacial score (nSPS) is 19.7. The zero-order valence-corrected chi connectivity index (χ0v) is 13.6. The first-order valence-corrected chi connectivity index (χ1v) is 7.58. The Balaban J connectivity index is 2.28. The number of benzene rings is 2. The van der Waals surface area contributed by atoms with Crippen molar-refractivity contribution in [1.82, 2.24) is 0 Å². The van der Waals surface area contributed by atoms with Crippen molar-refractivity contribution in [3.05, 3.63) is 76.4 Å². The summed E-state index contributed by atoms with van der Waals surface area (Å²) in [5.74, 6) is -0.684. The predicted octanol–water partition coefficient (Wildman–Crippen LogP) is 3.23. The highest BCUT2D eigenvalue weighted by molar-refractivity contribution is 5.83. The van der Waals surface area contributed by atoms with Crippen LogP contribution in [0.3, 0.4) is 0 Å². The highest BCUT2D eigenvalue weighted by atomic mass is 19.1. The second-order valence-electron chi connectivity index (χ2n) is 5.83. The Morgan fingerprint density at radius 3 is 2.17 bits per heavy atom. The number of ether oxygens (including phenoxy) is 2. The molecule has 0 aromatic heterocycles. The van der Waals surface area contributed by atoms with E-state index >= 15 is 0 Å². The van der Waals surface area contributed by atoms with Gasteiger partial charge in [-0.3, -0.25) is 0 Å². The minimum Gasteiger partial charge on any atom is -0.380 e. The van der Waals surface area contributed by atoms with E-state index in [4.69, 9.17) is 15.2 Å². The fourth-order valence-corrected chi connectivity index (χ4v) is 3.37. The molecule has 1 atom stereocenters. The smallest absolute Gasteiger partial charge is 0.123 e. The van der Waals surface area contributed by atoms with Gasteiger partial charge >= 0.3 is 0 Å². The molecular formula is C19H19F2NO2. The van der Waals surface area contributed by atoms with Gasteiger partial charge in [-0.2, -0.15) is 0 Å². The van der Waals surface area contributed by atoms with E-state index in [2.05, 4.69) is 0 Å². The van der Waals surface area contributed by atoms with Crippen LogP contribution < -0.4 is 5.73 Å². The van der Waals surface area contributed by atoms with Crippen LogP contribution in [0, 0.1) is 11.6 Å². The molecule has 3 nitrogen and oxygen atoms in total. The van der Waals surface area contributed by atoms with Crippen molar-refractivity contribution in [2.45, 2.75) is 5.54 Å². The van der Waals surface area contributed by atoms with Crippen molar-refractivity contribution in [2.24, 2.45) is 5.73 Å². The van der Waals surface area contributed by atoms with E-state index in [1.165, 1.54) is 24.3 Å². The Kier molecular flexibility index (Phi) is 4.49. The predicted molar refractivity (Wildman–Crippen MR) is 88.4 cm³/mol. The molecule has 5 heteroatoms. The summed E-state index contributed by atoms with van der Waals surface area (Å²) < 4.78 is 37.8. The average Bonchev–Trinajstić information content (AvgIpc) is 2.79. The molecule has 3 rings (SSSR count). The van der Waals surface area contributed by atoms with Crippen molar-refractivity contribution in [3.63, 3.8) is 0 Å². The fraction of sp³-hybridized carbons (Fsp3) is 0.263. The Hall–Kier alpha value is -2.08. The monoisotopic (exact) mass is 331 g/mol. The van der Waals surface area contributed by atoms with Gasteiger partial charge in [-0.25, -0.2) is 8.78 Å². The molecule has 2 N–H and O–H groups in total. The lowest BCUT2D eigenvalue weighted by Crippen LogP contribution is -2.40. The van der Waals surface area contributed by atoms with E-state index < -0.39 is 5.54 Å². The van der Waals surface area contributed by atoms with E-state index in [0.29, 0.717) is 5.56 Å². The number of methoxy groups -OCH3 is 2. The van der Waals surface area contributed by atoms with Crippen molar-refractivity contribution in [2.75, 3.05) is 27.4 Å². The lowest BCUT2D eigenvalue weighted by Gasteiger charge is -2.30. The Labute approximate surface area is 139 Å². The Morgan fingerprint density at radius 2 is 1.54 bits per heavy atom. The number of rotatable bonds is 5. The lowest BCUT2D eigenvalue weighted by atomic mass is 9.81. The van der Waals surface area contributed by atoms with E-state index in [9.17, 15) is 8.78 Å². The van der Waals surface area contributed by atoms with Gasteiger partial charge in [0.2, 0.25) is 0 Å². The van der Waals surface area contributed by atoms with Crippen molar-refractivity contribution in [3.8, 4) is 0 Å². The summed E-state index contributed by atoms with van der Waals surface area (Å²) in [5.41, 5.74) is 9.57. The number of halogens is 2. The van der Waals surface area contributed by atoms with Crippen LogP contribution in [-0.2, 0) is 15.0 Å². The van der Waals surface area contributed by atoms with Crippen LogP contribution in [-0.4, -0.2) is 27.4 Å². The largest absolute Gasteiger partial charge is 0.380 e. The topological polar surface area (TPSA) is 44.5 Å². The maximum atomic E-state index is 13.8. The van der Waals surface area contributed by atoms with E-state index in [1.807, 2.05) is 0 Å². The van der Waals surface area contributed by atoms with Crippen molar-refractivity contribution >= 4 is 5.57 Å². The molecule has 0 aliphatic heterocycles. The third-order valence-electron chi connectivity index (χ3n) is 4.45. The minimum absolute atomic E-state index is 0.267. The summed E-state index contributed by atoms with van der Waals surface area (Å²) in [5, 5.41) is 0. The summed E-state index contributed by atoms with van der Waals surface area (Å²) in [7, 11) is 3.15. The standard InChI is InChI=1S/C19H19F2NO2/c1-23-10-16-15-9-14(21)7-8-17(15)19(22,18(16)11-24-2)12-3-5-13(20)6-4-12/h3-9H,10-11,22H2,1-2H3/t19-/m0/s1. The molecule has 1 aliphatic carbocycles. The van der Waals surface area contributed by atoms with E-state index in [0.717, 1.165) is 22.3 Å². The third kappa shape index (κ3) is 2.55. The number of hydrogen-bond donors (Lipinski definition) is 1. The molecule has 1 aliphatic rings. The van der Waals surface area contributed by atoms with Crippen LogP contribution in [0.25, 0.3) is 5.57 Å². The maximum Gasteiger partial charge on any atom is 0.123 e. The van der Waals surface area contributed by atoms with Gasteiger partial charge in [-0.1, -0.05) is 18.2 Å². The molecule has 0 amide bonds. The van der Waals surface area contributed by atoms with E-state index in [-0.39, 0.29) is 24.8 Å². The fourth-order valence-electron chi connectivity index (χ4n) is 3.37. The molecule has 0 saturated carbocycles. The van der Waals surface area contributed by atoms with Crippen LogP contribution >= 0.6 is 0 Å². The van der Waals surface area contributed by atoms with Crippen LogP contribution in [0.4, 0.5) is 8.78 Å². The molecule has 0 fully saturated rings. The molecule has 0 unspecified atom stereocenters. The first kappa shape index (κ1) is 16.8. The lowest BCUT2D eigenvalue weighted by molar-refractivity contribution is 0.212. The van der Waals surface area contributed by atoms with Gasteiger partial charge in [0.1, 0.15) is 11.6 Å². The Morgan fingerprint density at radius 1 is 0.917 bits per heavy atom. The molecule has 0 saturated heterocycles. The zero-order chi connectivity index (χ0) is 17.3. The molecule has 2 aromatic rings.